The maximum absolute atomic E-state index is 5.72. The van der Waals surface area contributed by atoms with E-state index in [0.29, 0.717) is 0 Å². The number of nitrogens with one attached hydrogen (secondary N) is 1. The summed E-state index contributed by atoms with van der Waals surface area (Å²) in [5.41, 5.74) is 3.29. The van der Waals surface area contributed by atoms with Gasteiger partial charge in [0.25, 0.3) is 0 Å². The van der Waals surface area contributed by atoms with E-state index in [4.69, 9.17) is 9.72 Å². The summed E-state index contributed by atoms with van der Waals surface area (Å²) < 4.78 is 6.78. The van der Waals surface area contributed by atoms with Crippen molar-refractivity contribution >= 4 is 27.0 Å². The van der Waals surface area contributed by atoms with Crippen LogP contribution in [-0.4, -0.2) is 16.6 Å². The Hall–Kier alpha value is -1.81. The average Bonchev–Trinajstić information content (AvgIpc) is 2.89. The zero-order valence-electron chi connectivity index (χ0n) is 10.8. The number of rotatable bonds is 1. The standard InChI is InChI=1S/C16H13BrN2O/c17-10-5-6-13-14(9-10)19-16(18-13)12-7-8-20-15-4-2-1-3-11(12)15/h1-6,9,12H,7-8H2,(H,18,19). The van der Waals surface area contributed by atoms with Gasteiger partial charge in [-0.2, -0.15) is 0 Å². The smallest absolute Gasteiger partial charge is 0.123 e. The van der Waals surface area contributed by atoms with Gasteiger partial charge in [0.2, 0.25) is 0 Å². The molecular formula is C16H13BrN2O. The minimum Gasteiger partial charge on any atom is -0.493 e. The normalized spacial score (nSPS) is 17.8. The first kappa shape index (κ1) is 12.0. The third-order valence-corrected chi connectivity index (χ3v) is 4.24. The molecule has 1 atom stereocenters. The van der Waals surface area contributed by atoms with E-state index in [1.54, 1.807) is 0 Å². The Morgan fingerprint density at radius 3 is 3.05 bits per heavy atom. The maximum atomic E-state index is 5.72. The molecule has 1 aliphatic heterocycles. The lowest BCUT2D eigenvalue weighted by molar-refractivity contribution is 0.275. The quantitative estimate of drug-likeness (QED) is 0.725. The molecule has 3 nitrogen and oxygen atoms in total. The fourth-order valence-electron chi connectivity index (χ4n) is 2.79. The molecule has 1 aliphatic rings. The molecule has 20 heavy (non-hydrogen) atoms. The van der Waals surface area contributed by atoms with E-state index in [2.05, 4.69) is 39.1 Å². The molecule has 1 unspecified atom stereocenters. The Morgan fingerprint density at radius 1 is 1.20 bits per heavy atom. The van der Waals surface area contributed by atoms with Gasteiger partial charge in [-0.05, 0) is 30.7 Å². The number of ether oxygens (including phenoxy) is 1. The highest BCUT2D eigenvalue weighted by molar-refractivity contribution is 9.10. The van der Waals surface area contributed by atoms with Crippen molar-refractivity contribution in [1.82, 2.24) is 9.97 Å². The minimum atomic E-state index is 0.283. The first-order valence-electron chi connectivity index (χ1n) is 6.68. The number of para-hydroxylation sites is 1. The van der Waals surface area contributed by atoms with Gasteiger partial charge >= 0.3 is 0 Å². The molecule has 0 saturated carbocycles. The lowest BCUT2D eigenvalue weighted by Crippen LogP contribution is -2.16. The van der Waals surface area contributed by atoms with E-state index in [1.807, 2.05) is 24.3 Å². The molecular weight excluding hydrogens is 316 g/mol. The van der Waals surface area contributed by atoms with Crippen LogP contribution in [0.5, 0.6) is 5.75 Å². The van der Waals surface area contributed by atoms with Crippen molar-refractivity contribution in [1.29, 1.82) is 0 Å². The van der Waals surface area contributed by atoms with Gasteiger partial charge in [0.05, 0.1) is 17.6 Å². The first-order chi connectivity index (χ1) is 9.81. The number of nitrogens with zero attached hydrogens (tertiary/aromatic N) is 1. The van der Waals surface area contributed by atoms with Crippen LogP contribution in [-0.2, 0) is 0 Å². The van der Waals surface area contributed by atoms with Crippen LogP contribution < -0.4 is 4.74 Å². The molecule has 2 aromatic carbocycles. The Labute approximate surface area is 125 Å². The molecule has 1 aromatic heterocycles. The van der Waals surface area contributed by atoms with Crippen LogP contribution in [0.25, 0.3) is 11.0 Å². The van der Waals surface area contributed by atoms with E-state index in [-0.39, 0.29) is 5.92 Å². The van der Waals surface area contributed by atoms with Crippen LogP contribution >= 0.6 is 15.9 Å². The first-order valence-corrected chi connectivity index (χ1v) is 7.47. The number of benzene rings is 2. The molecule has 0 amide bonds. The molecule has 2 heterocycles. The minimum absolute atomic E-state index is 0.283. The largest absolute Gasteiger partial charge is 0.493 e. The van der Waals surface area contributed by atoms with E-state index >= 15 is 0 Å². The van der Waals surface area contributed by atoms with Gasteiger partial charge in [-0.1, -0.05) is 34.1 Å². The molecule has 0 bridgehead atoms. The molecule has 100 valence electrons. The number of halogens is 1. The molecule has 0 saturated heterocycles. The molecule has 3 aromatic rings. The number of H-pyrrole nitrogens is 1. The molecule has 0 aliphatic carbocycles. The summed E-state index contributed by atoms with van der Waals surface area (Å²) in [4.78, 5) is 8.19. The van der Waals surface area contributed by atoms with E-state index in [1.165, 1.54) is 5.56 Å². The average molecular weight is 329 g/mol. The summed E-state index contributed by atoms with van der Waals surface area (Å²) in [5.74, 6) is 2.28. The van der Waals surface area contributed by atoms with Crippen LogP contribution in [0.3, 0.4) is 0 Å². The Kier molecular flexibility index (Phi) is 2.77. The molecule has 4 rings (SSSR count). The van der Waals surface area contributed by atoms with Gasteiger partial charge in [-0.25, -0.2) is 4.98 Å². The lowest BCUT2D eigenvalue weighted by atomic mass is 9.92. The second-order valence-corrected chi connectivity index (χ2v) is 5.93. The molecule has 1 N–H and O–H groups in total. The van der Waals surface area contributed by atoms with Crippen molar-refractivity contribution in [3.8, 4) is 5.75 Å². The lowest BCUT2D eigenvalue weighted by Gasteiger charge is -2.24. The summed E-state index contributed by atoms with van der Waals surface area (Å²) in [6.45, 7) is 0.739. The van der Waals surface area contributed by atoms with Crippen molar-refractivity contribution in [2.45, 2.75) is 12.3 Å². The van der Waals surface area contributed by atoms with Crippen LogP contribution in [0.1, 0.15) is 23.7 Å². The van der Waals surface area contributed by atoms with Gasteiger partial charge in [0.1, 0.15) is 11.6 Å². The Balaban J connectivity index is 1.84. The number of aromatic nitrogens is 2. The second kappa shape index (κ2) is 4.63. The predicted octanol–water partition coefficient (Wildman–Crippen LogP) is 4.24. The second-order valence-electron chi connectivity index (χ2n) is 5.01. The molecule has 0 radical (unpaired) electrons. The summed E-state index contributed by atoms with van der Waals surface area (Å²) in [6, 6.07) is 14.3. The monoisotopic (exact) mass is 328 g/mol. The fraction of sp³-hybridized carbons (Fsp3) is 0.188. The van der Waals surface area contributed by atoms with Crippen LogP contribution in [0, 0.1) is 0 Å². The van der Waals surface area contributed by atoms with E-state index in [9.17, 15) is 0 Å². The zero-order chi connectivity index (χ0) is 13.5. The summed E-state index contributed by atoms with van der Waals surface area (Å²) in [6.07, 6.45) is 0.956. The molecule has 0 spiro atoms. The topological polar surface area (TPSA) is 37.9 Å². The third kappa shape index (κ3) is 1.91. The van der Waals surface area contributed by atoms with Crippen LogP contribution in [0.2, 0.25) is 0 Å². The Bertz CT molecular complexity index is 781. The zero-order valence-corrected chi connectivity index (χ0v) is 12.4. The fourth-order valence-corrected chi connectivity index (χ4v) is 3.15. The van der Waals surface area contributed by atoms with Gasteiger partial charge < -0.3 is 9.72 Å². The summed E-state index contributed by atoms with van der Waals surface area (Å²) >= 11 is 3.50. The van der Waals surface area contributed by atoms with Gasteiger partial charge in [-0.3, -0.25) is 0 Å². The molecule has 4 heteroatoms. The SMILES string of the molecule is Brc1ccc2nc(C3CCOc4ccccc43)[nH]c2c1. The summed E-state index contributed by atoms with van der Waals surface area (Å²) in [7, 11) is 0. The van der Waals surface area contributed by atoms with E-state index < -0.39 is 0 Å². The van der Waals surface area contributed by atoms with Crippen LogP contribution in [0.4, 0.5) is 0 Å². The van der Waals surface area contributed by atoms with Gasteiger partial charge in [0.15, 0.2) is 0 Å². The van der Waals surface area contributed by atoms with Crippen molar-refractivity contribution in [2.24, 2.45) is 0 Å². The van der Waals surface area contributed by atoms with Gasteiger partial charge in [0, 0.05) is 16.0 Å². The van der Waals surface area contributed by atoms with Crippen LogP contribution in [0.15, 0.2) is 46.9 Å². The third-order valence-electron chi connectivity index (χ3n) is 3.75. The number of hydrogen-bond donors (Lipinski definition) is 1. The highest BCUT2D eigenvalue weighted by atomic mass is 79.9. The van der Waals surface area contributed by atoms with E-state index in [0.717, 1.165) is 40.1 Å². The van der Waals surface area contributed by atoms with Gasteiger partial charge in [-0.15, -0.1) is 0 Å². The number of fused-ring (bicyclic) bond motifs is 2. The van der Waals surface area contributed by atoms with Crippen molar-refractivity contribution < 1.29 is 4.74 Å². The van der Waals surface area contributed by atoms with Crippen molar-refractivity contribution in [3.63, 3.8) is 0 Å². The molecule has 0 fully saturated rings. The van der Waals surface area contributed by atoms with Crippen molar-refractivity contribution in [3.05, 3.63) is 58.3 Å². The number of imidazole rings is 1. The highest BCUT2D eigenvalue weighted by Gasteiger charge is 2.25. The van der Waals surface area contributed by atoms with Crippen molar-refractivity contribution in [2.75, 3.05) is 6.61 Å². The Morgan fingerprint density at radius 2 is 2.10 bits per heavy atom. The summed E-state index contributed by atoms with van der Waals surface area (Å²) in [5, 5.41) is 0. The maximum Gasteiger partial charge on any atom is 0.123 e. The predicted molar refractivity (Wildman–Crippen MR) is 82.2 cm³/mol. The highest BCUT2D eigenvalue weighted by Crippen LogP contribution is 2.37. The number of aromatic amines is 1. The number of hydrogen-bond acceptors (Lipinski definition) is 2.